The molecular weight excluding hydrogens is 418 g/mol. The van der Waals surface area contributed by atoms with Crippen LogP contribution in [0, 0.1) is 5.92 Å². The number of carbonyl (C=O) groups is 1. The first-order valence-electron chi connectivity index (χ1n) is 9.94. The molecule has 2 unspecified atom stereocenters. The molecule has 11 heteroatoms. The van der Waals surface area contributed by atoms with Gasteiger partial charge < -0.3 is 20.1 Å². The van der Waals surface area contributed by atoms with E-state index < -0.39 is 10.0 Å². The second kappa shape index (κ2) is 8.16. The van der Waals surface area contributed by atoms with Gasteiger partial charge in [-0.1, -0.05) is 6.92 Å². The molecule has 1 aliphatic heterocycles. The molecular formula is C20H25N7O3S. The lowest BCUT2D eigenvalue weighted by molar-refractivity contribution is 0.172. The number of urea groups is 1. The molecule has 4 N–H and O–H groups in total. The summed E-state index contributed by atoms with van der Waals surface area (Å²) in [5.74, 6) is 1.19. The number of carbonyl (C=O) groups excluding carboxylic acids is 1. The number of piperidine rings is 1. The number of nitrogens with two attached hydrogens (primary N) is 1. The highest BCUT2D eigenvalue weighted by Crippen LogP contribution is 2.29. The maximum absolute atomic E-state index is 12.9. The van der Waals surface area contributed by atoms with Gasteiger partial charge in [0.15, 0.2) is 0 Å². The average Bonchev–Trinajstić information content (AvgIpc) is 3.22. The topological polar surface area (TPSA) is 137 Å². The Hall–Kier alpha value is -3.18. The average molecular weight is 444 g/mol. The summed E-state index contributed by atoms with van der Waals surface area (Å²) in [5, 5.41) is 8.89. The minimum atomic E-state index is -3.77. The van der Waals surface area contributed by atoms with Gasteiger partial charge in [-0.2, -0.15) is 0 Å². The molecule has 2 amide bonds. The van der Waals surface area contributed by atoms with Crippen molar-refractivity contribution < 1.29 is 13.2 Å². The number of anilines is 2. The fourth-order valence-corrected chi connectivity index (χ4v) is 4.48. The zero-order chi connectivity index (χ0) is 22.2. The fraction of sp³-hybridized carbons (Fsp3) is 0.350. The molecule has 3 aromatic rings. The number of benzene rings is 1. The van der Waals surface area contributed by atoms with Gasteiger partial charge in [-0.3, -0.25) is 0 Å². The fourth-order valence-electron chi connectivity index (χ4n) is 3.96. The minimum Gasteiger partial charge on any atom is -0.354 e. The van der Waals surface area contributed by atoms with Crippen LogP contribution >= 0.6 is 0 Å². The molecule has 1 fully saturated rings. The van der Waals surface area contributed by atoms with E-state index in [9.17, 15) is 13.2 Å². The molecule has 4 rings (SSSR count). The van der Waals surface area contributed by atoms with Crippen molar-refractivity contribution in [2.24, 2.45) is 11.1 Å². The normalized spacial score (nSPS) is 19.4. The number of likely N-dealkylation sites (N-methyl/N-ethyl adjacent to an activating group) is 1. The van der Waals surface area contributed by atoms with Crippen molar-refractivity contribution in [1.82, 2.24) is 19.9 Å². The van der Waals surface area contributed by atoms with Gasteiger partial charge in [-0.15, -0.1) is 0 Å². The monoisotopic (exact) mass is 443 g/mol. The van der Waals surface area contributed by atoms with Gasteiger partial charge in [-0.25, -0.2) is 28.3 Å². The van der Waals surface area contributed by atoms with Crippen molar-refractivity contribution in [2.75, 3.05) is 30.4 Å². The summed E-state index contributed by atoms with van der Waals surface area (Å²) in [7, 11) is -1.78. The molecule has 1 aromatic carbocycles. The molecule has 164 valence electrons. The zero-order valence-electron chi connectivity index (χ0n) is 17.3. The smallest absolute Gasteiger partial charge is 0.321 e. The van der Waals surface area contributed by atoms with Crippen LogP contribution in [0.1, 0.15) is 13.3 Å². The maximum Gasteiger partial charge on any atom is 0.321 e. The van der Waals surface area contributed by atoms with E-state index in [0.29, 0.717) is 24.7 Å². The number of sulfonamides is 1. The van der Waals surface area contributed by atoms with E-state index in [-0.39, 0.29) is 17.0 Å². The number of rotatable bonds is 4. The van der Waals surface area contributed by atoms with Crippen LogP contribution in [0.25, 0.3) is 11.0 Å². The van der Waals surface area contributed by atoms with E-state index in [2.05, 4.69) is 32.1 Å². The highest BCUT2D eigenvalue weighted by molar-refractivity contribution is 7.89. The van der Waals surface area contributed by atoms with Crippen molar-refractivity contribution in [1.29, 1.82) is 0 Å². The molecule has 10 nitrogen and oxygen atoms in total. The van der Waals surface area contributed by atoms with Crippen LogP contribution in [0.4, 0.5) is 16.3 Å². The van der Waals surface area contributed by atoms with Crippen LogP contribution in [0.2, 0.25) is 0 Å². The highest BCUT2D eigenvalue weighted by Gasteiger charge is 2.32. The SMILES string of the molecule is CC1CCN(C(=O)Nc2ccc(S(N)(=O)=O)cc2)CC1N(C)c1ncnc2[nH]ccc12. The lowest BCUT2D eigenvalue weighted by Gasteiger charge is -2.42. The van der Waals surface area contributed by atoms with Crippen molar-refractivity contribution in [3.8, 4) is 0 Å². The Morgan fingerprint density at radius 2 is 2.00 bits per heavy atom. The molecule has 0 saturated carbocycles. The molecule has 0 radical (unpaired) electrons. The number of hydrogen-bond donors (Lipinski definition) is 3. The summed E-state index contributed by atoms with van der Waals surface area (Å²) in [6, 6.07) is 7.59. The first kappa shape index (κ1) is 21.1. The number of aromatic amines is 1. The molecule has 1 saturated heterocycles. The number of amides is 2. The molecule has 0 bridgehead atoms. The van der Waals surface area contributed by atoms with Crippen molar-refractivity contribution in [3.63, 3.8) is 0 Å². The third kappa shape index (κ3) is 4.32. The van der Waals surface area contributed by atoms with E-state index in [1.54, 1.807) is 4.90 Å². The van der Waals surface area contributed by atoms with Crippen LogP contribution in [0.5, 0.6) is 0 Å². The van der Waals surface area contributed by atoms with Crippen molar-refractivity contribution in [3.05, 3.63) is 42.9 Å². The summed E-state index contributed by atoms with van der Waals surface area (Å²) in [6.45, 7) is 3.35. The Morgan fingerprint density at radius 3 is 2.71 bits per heavy atom. The van der Waals surface area contributed by atoms with E-state index in [4.69, 9.17) is 5.14 Å². The molecule has 31 heavy (non-hydrogen) atoms. The van der Waals surface area contributed by atoms with Gasteiger partial charge in [-0.05, 0) is 42.7 Å². The largest absolute Gasteiger partial charge is 0.354 e. The summed E-state index contributed by atoms with van der Waals surface area (Å²) < 4.78 is 22.8. The second-order valence-corrected chi connectivity index (χ2v) is 9.39. The van der Waals surface area contributed by atoms with Gasteiger partial charge >= 0.3 is 6.03 Å². The van der Waals surface area contributed by atoms with E-state index in [1.807, 2.05) is 19.3 Å². The third-order valence-electron chi connectivity index (χ3n) is 5.80. The van der Waals surface area contributed by atoms with E-state index >= 15 is 0 Å². The van der Waals surface area contributed by atoms with Crippen LogP contribution in [0.15, 0.2) is 47.8 Å². The number of nitrogens with one attached hydrogen (secondary N) is 2. The Bertz CT molecular complexity index is 1190. The lowest BCUT2D eigenvalue weighted by atomic mass is 9.92. The van der Waals surface area contributed by atoms with Crippen molar-refractivity contribution in [2.45, 2.75) is 24.3 Å². The highest BCUT2D eigenvalue weighted by atomic mass is 32.2. The maximum atomic E-state index is 12.9. The molecule has 0 aliphatic carbocycles. The van der Waals surface area contributed by atoms with Gasteiger partial charge in [0, 0.05) is 32.0 Å². The van der Waals surface area contributed by atoms with Crippen LogP contribution in [0.3, 0.4) is 0 Å². The van der Waals surface area contributed by atoms with Crippen LogP contribution in [-0.4, -0.2) is 60.5 Å². The number of primary sulfonamides is 1. The predicted octanol–water partition coefficient (Wildman–Crippen LogP) is 1.98. The predicted molar refractivity (Wildman–Crippen MR) is 118 cm³/mol. The zero-order valence-corrected chi connectivity index (χ0v) is 18.1. The minimum absolute atomic E-state index is 0.0000857. The summed E-state index contributed by atoms with van der Waals surface area (Å²) in [4.78, 5) is 28.6. The molecule has 2 atom stereocenters. The van der Waals surface area contributed by atoms with Gasteiger partial charge in [0.25, 0.3) is 0 Å². The summed E-state index contributed by atoms with van der Waals surface area (Å²) >= 11 is 0. The Labute approximate surface area is 180 Å². The number of fused-ring (bicyclic) bond motifs is 1. The number of nitrogens with zero attached hydrogens (tertiary/aromatic N) is 4. The Balaban J connectivity index is 1.48. The van der Waals surface area contributed by atoms with E-state index in [1.165, 1.54) is 30.6 Å². The van der Waals surface area contributed by atoms with Gasteiger partial charge in [0.2, 0.25) is 10.0 Å². The first-order valence-corrected chi connectivity index (χ1v) is 11.5. The third-order valence-corrected chi connectivity index (χ3v) is 6.73. The first-order chi connectivity index (χ1) is 14.7. The Morgan fingerprint density at radius 1 is 1.26 bits per heavy atom. The van der Waals surface area contributed by atoms with E-state index in [0.717, 1.165) is 23.3 Å². The molecule has 3 heterocycles. The number of H-pyrrole nitrogens is 1. The number of aromatic nitrogens is 3. The Kier molecular flexibility index (Phi) is 5.54. The number of hydrogen-bond acceptors (Lipinski definition) is 6. The second-order valence-electron chi connectivity index (χ2n) is 7.83. The van der Waals surface area contributed by atoms with Gasteiger partial charge in [0.05, 0.1) is 16.3 Å². The molecule has 0 spiro atoms. The van der Waals surface area contributed by atoms with Gasteiger partial charge in [0.1, 0.15) is 17.8 Å². The lowest BCUT2D eigenvalue weighted by Crippen LogP contribution is -2.53. The standard InChI is InChI=1S/C20H25N7O3S/c1-13-8-10-27(20(28)25-14-3-5-15(6-4-14)31(21,29)30)11-17(13)26(2)19-16-7-9-22-18(16)23-12-24-19/h3-7,9,12-13,17H,8,10-11H2,1-2H3,(H,25,28)(H2,21,29,30)(H,22,23,24). The summed E-state index contributed by atoms with van der Waals surface area (Å²) in [5.41, 5.74) is 1.28. The summed E-state index contributed by atoms with van der Waals surface area (Å²) in [6.07, 6.45) is 4.23. The molecule has 2 aromatic heterocycles. The van der Waals surface area contributed by atoms with Crippen LogP contribution < -0.4 is 15.4 Å². The number of likely N-dealkylation sites (tertiary alicyclic amines) is 1. The molecule has 1 aliphatic rings. The quantitative estimate of drug-likeness (QED) is 0.564. The van der Waals surface area contributed by atoms with Crippen LogP contribution in [-0.2, 0) is 10.0 Å². The van der Waals surface area contributed by atoms with Crippen molar-refractivity contribution >= 4 is 38.6 Å².